The van der Waals surface area contributed by atoms with Gasteiger partial charge in [0.25, 0.3) is 0 Å². The molecule has 74 valence electrons. The van der Waals surface area contributed by atoms with Crippen molar-refractivity contribution < 1.29 is 0 Å². The molecule has 4 heteroatoms. The molecule has 0 spiro atoms. The van der Waals surface area contributed by atoms with Crippen LogP contribution in [0.15, 0.2) is 12.1 Å². The van der Waals surface area contributed by atoms with Crippen molar-refractivity contribution in [3.05, 3.63) is 29.2 Å². The van der Waals surface area contributed by atoms with Crippen LogP contribution in [0.4, 0.5) is 0 Å². The summed E-state index contributed by atoms with van der Waals surface area (Å²) in [6, 6.07) is 4.01. The SMILES string of the molecule is Cc1cc(C)n2nc(CCN)cc2n1. The number of hydrogen-bond acceptors (Lipinski definition) is 3. The first-order valence-electron chi connectivity index (χ1n) is 4.73. The normalized spacial score (nSPS) is 11.1. The average Bonchev–Trinajstić information content (AvgIpc) is 2.48. The fourth-order valence-electron chi connectivity index (χ4n) is 1.60. The Kier molecular flexibility index (Phi) is 2.21. The van der Waals surface area contributed by atoms with Gasteiger partial charge in [-0.1, -0.05) is 0 Å². The number of aryl methyl sites for hydroxylation is 2. The van der Waals surface area contributed by atoms with Gasteiger partial charge in [-0.05, 0) is 26.5 Å². The van der Waals surface area contributed by atoms with Crippen molar-refractivity contribution in [3.63, 3.8) is 0 Å². The Balaban J connectivity index is 2.58. The van der Waals surface area contributed by atoms with E-state index >= 15 is 0 Å². The lowest BCUT2D eigenvalue weighted by atomic mass is 10.3. The summed E-state index contributed by atoms with van der Waals surface area (Å²) in [5.41, 5.74) is 9.53. The van der Waals surface area contributed by atoms with Crippen LogP contribution in [-0.4, -0.2) is 21.1 Å². The van der Waals surface area contributed by atoms with E-state index in [-0.39, 0.29) is 0 Å². The minimum absolute atomic E-state index is 0.627. The predicted molar refractivity (Wildman–Crippen MR) is 55.2 cm³/mol. The Bertz CT molecular complexity index is 458. The van der Waals surface area contributed by atoms with Crippen LogP contribution >= 0.6 is 0 Å². The number of hydrogen-bond donors (Lipinski definition) is 1. The van der Waals surface area contributed by atoms with E-state index in [4.69, 9.17) is 5.73 Å². The molecule has 0 aliphatic carbocycles. The lowest BCUT2D eigenvalue weighted by Crippen LogP contribution is -2.03. The Morgan fingerprint density at radius 1 is 1.36 bits per heavy atom. The van der Waals surface area contributed by atoms with Crippen molar-refractivity contribution in [2.24, 2.45) is 5.73 Å². The number of aromatic nitrogens is 3. The fourth-order valence-corrected chi connectivity index (χ4v) is 1.60. The molecule has 0 atom stereocenters. The molecule has 4 nitrogen and oxygen atoms in total. The third-order valence-corrected chi connectivity index (χ3v) is 2.18. The van der Waals surface area contributed by atoms with Crippen LogP contribution in [0, 0.1) is 13.8 Å². The quantitative estimate of drug-likeness (QED) is 0.763. The highest BCUT2D eigenvalue weighted by Gasteiger charge is 2.04. The van der Waals surface area contributed by atoms with Crippen LogP contribution in [0.2, 0.25) is 0 Å². The van der Waals surface area contributed by atoms with E-state index in [2.05, 4.69) is 10.1 Å². The summed E-state index contributed by atoms with van der Waals surface area (Å²) in [7, 11) is 0. The second kappa shape index (κ2) is 3.38. The van der Waals surface area contributed by atoms with Crippen LogP contribution in [0.5, 0.6) is 0 Å². The fraction of sp³-hybridized carbons (Fsp3) is 0.400. The zero-order valence-electron chi connectivity index (χ0n) is 8.49. The molecule has 0 radical (unpaired) electrons. The summed E-state index contributed by atoms with van der Waals surface area (Å²) in [6.45, 7) is 4.64. The molecule has 2 N–H and O–H groups in total. The number of nitrogens with two attached hydrogens (primary N) is 1. The third kappa shape index (κ3) is 1.48. The molecule has 0 aliphatic rings. The van der Waals surface area contributed by atoms with Gasteiger partial charge in [-0.2, -0.15) is 5.10 Å². The van der Waals surface area contributed by atoms with Crippen LogP contribution < -0.4 is 5.73 Å². The molecule has 0 aromatic carbocycles. The zero-order chi connectivity index (χ0) is 10.1. The molecule has 0 fully saturated rings. The van der Waals surface area contributed by atoms with Crippen LogP contribution in [-0.2, 0) is 6.42 Å². The molecule has 0 bridgehead atoms. The molecule has 0 saturated carbocycles. The molecule has 0 saturated heterocycles. The van der Waals surface area contributed by atoms with E-state index < -0.39 is 0 Å². The monoisotopic (exact) mass is 190 g/mol. The lowest BCUT2D eigenvalue weighted by Gasteiger charge is -1.98. The van der Waals surface area contributed by atoms with Gasteiger partial charge < -0.3 is 5.73 Å². The van der Waals surface area contributed by atoms with Crippen LogP contribution in [0.1, 0.15) is 17.1 Å². The van der Waals surface area contributed by atoms with E-state index in [0.29, 0.717) is 6.54 Å². The lowest BCUT2D eigenvalue weighted by molar-refractivity contribution is 0.830. The van der Waals surface area contributed by atoms with Crippen LogP contribution in [0.3, 0.4) is 0 Å². The topological polar surface area (TPSA) is 56.2 Å². The minimum Gasteiger partial charge on any atom is -0.330 e. The summed E-state index contributed by atoms with van der Waals surface area (Å²) in [5, 5.41) is 4.42. The number of nitrogens with zero attached hydrogens (tertiary/aromatic N) is 3. The van der Waals surface area contributed by atoms with Gasteiger partial charge in [0.15, 0.2) is 5.65 Å². The summed E-state index contributed by atoms with van der Waals surface area (Å²) in [5.74, 6) is 0. The predicted octanol–water partition coefficient (Wildman–Crippen LogP) is 0.847. The molecular weight excluding hydrogens is 176 g/mol. The molecule has 0 unspecified atom stereocenters. The first-order chi connectivity index (χ1) is 6.70. The number of rotatable bonds is 2. The van der Waals surface area contributed by atoms with Gasteiger partial charge >= 0.3 is 0 Å². The first kappa shape index (κ1) is 9.15. The highest BCUT2D eigenvalue weighted by molar-refractivity contribution is 5.41. The second-order valence-electron chi connectivity index (χ2n) is 3.48. The van der Waals surface area contributed by atoms with Gasteiger partial charge in [0.05, 0.1) is 5.69 Å². The van der Waals surface area contributed by atoms with Gasteiger partial charge in [0.1, 0.15) is 0 Å². The van der Waals surface area contributed by atoms with E-state index in [9.17, 15) is 0 Å². The van der Waals surface area contributed by atoms with Crippen molar-refractivity contribution >= 4 is 5.65 Å². The summed E-state index contributed by atoms with van der Waals surface area (Å²) >= 11 is 0. The second-order valence-corrected chi connectivity index (χ2v) is 3.48. The van der Waals surface area contributed by atoms with Gasteiger partial charge in [0.2, 0.25) is 0 Å². The molecule has 2 aromatic rings. The van der Waals surface area contributed by atoms with Gasteiger partial charge in [0, 0.05) is 23.9 Å². The molecule has 14 heavy (non-hydrogen) atoms. The standard InChI is InChI=1S/C10H14N4/c1-7-5-8(2)14-10(12-7)6-9(13-14)3-4-11/h5-6H,3-4,11H2,1-2H3. The van der Waals surface area contributed by atoms with Gasteiger partial charge in [-0.25, -0.2) is 9.50 Å². The Hall–Kier alpha value is -1.42. The molecule has 2 heterocycles. The van der Waals surface area contributed by atoms with Crippen molar-refractivity contribution in [3.8, 4) is 0 Å². The Morgan fingerprint density at radius 3 is 2.86 bits per heavy atom. The number of fused-ring (bicyclic) bond motifs is 1. The van der Waals surface area contributed by atoms with Crippen molar-refractivity contribution in [1.29, 1.82) is 0 Å². The molecule has 2 aromatic heterocycles. The maximum absolute atomic E-state index is 5.48. The molecule has 0 amide bonds. The highest BCUT2D eigenvalue weighted by Crippen LogP contribution is 2.08. The largest absolute Gasteiger partial charge is 0.330 e. The van der Waals surface area contributed by atoms with Gasteiger partial charge in [-0.3, -0.25) is 0 Å². The van der Waals surface area contributed by atoms with E-state index in [1.165, 1.54) is 0 Å². The summed E-state index contributed by atoms with van der Waals surface area (Å²) < 4.78 is 1.86. The first-order valence-corrected chi connectivity index (χ1v) is 4.73. The summed E-state index contributed by atoms with van der Waals surface area (Å²) in [6.07, 6.45) is 0.807. The van der Waals surface area contributed by atoms with E-state index in [1.54, 1.807) is 0 Å². The smallest absolute Gasteiger partial charge is 0.155 e. The maximum atomic E-state index is 5.48. The average molecular weight is 190 g/mol. The van der Waals surface area contributed by atoms with Crippen molar-refractivity contribution in [2.45, 2.75) is 20.3 Å². The molecular formula is C10H14N4. The third-order valence-electron chi connectivity index (χ3n) is 2.18. The van der Waals surface area contributed by atoms with E-state index in [0.717, 1.165) is 29.1 Å². The summed E-state index contributed by atoms with van der Waals surface area (Å²) in [4.78, 5) is 4.40. The van der Waals surface area contributed by atoms with Gasteiger partial charge in [-0.15, -0.1) is 0 Å². The Labute approximate surface area is 82.8 Å². The maximum Gasteiger partial charge on any atom is 0.155 e. The highest BCUT2D eigenvalue weighted by atomic mass is 15.3. The Morgan fingerprint density at radius 2 is 2.14 bits per heavy atom. The molecule has 2 rings (SSSR count). The van der Waals surface area contributed by atoms with Crippen molar-refractivity contribution in [2.75, 3.05) is 6.54 Å². The van der Waals surface area contributed by atoms with Crippen molar-refractivity contribution in [1.82, 2.24) is 14.6 Å². The minimum atomic E-state index is 0.627. The van der Waals surface area contributed by atoms with E-state index in [1.807, 2.05) is 30.5 Å². The van der Waals surface area contributed by atoms with Crippen LogP contribution in [0.25, 0.3) is 5.65 Å². The zero-order valence-corrected chi connectivity index (χ0v) is 8.49. The molecule has 0 aliphatic heterocycles.